The first-order valence-corrected chi connectivity index (χ1v) is 7.06. The first-order valence-electron chi connectivity index (χ1n) is 7.06. The molecule has 6 nitrogen and oxygen atoms in total. The number of hydrogen-bond donors (Lipinski definition) is 2. The van der Waals surface area contributed by atoms with Gasteiger partial charge in [0.15, 0.2) is 0 Å². The minimum absolute atomic E-state index is 0.0803. The summed E-state index contributed by atoms with van der Waals surface area (Å²) in [6.45, 7) is 2.10. The first kappa shape index (κ1) is 14.3. The smallest absolute Gasteiger partial charge is 0.311 e. The van der Waals surface area contributed by atoms with E-state index in [9.17, 15) is 9.59 Å². The molecule has 0 saturated heterocycles. The van der Waals surface area contributed by atoms with Gasteiger partial charge in [0, 0.05) is 18.2 Å². The lowest BCUT2D eigenvalue weighted by atomic mass is 10.1. The predicted octanol–water partition coefficient (Wildman–Crippen LogP) is 2.24. The molecule has 1 aromatic carbocycles. The number of aryl methyl sites for hydroxylation is 1. The maximum Gasteiger partial charge on any atom is 0.311 e. The van der Waals surface area contributed by atoms with Gasteiger partial charge in [0.05, 0.1) is 5.41 Å². The van der Waals surface area contributed by atoms with E-state index in [0.29, 0.717) is 18.5 Å². The van der Waals surface area contributed by atoms with Crippen molar-refractivity contribution in [3.05, 3.63) is 41.7 Å². The second-order valence-corrected chi connectivity index (χ2v) is 5.71. The van der Waals surface area contributed by atoms with Gasteiger partial charge in [-0.05, 0) is 19.8 Å². The molecule has 2 N–H and O–H groups in total. The fourth-order valence-corrected chi connectivity index (χ4v) is 2.20. The van der Waals surface area contributed by atoms with E-state index in [-0.39, 0.29) is 12.3 Å². The number of amides is 1. The van der Waals surface area contributed by atoms with E-state index in [1.807, 2.05) is 31.2 Å². The Morgan fingerprint density at radius 1 is 1.32 bits per heavy atom. The Morgan fingerprint density at radius 2 is 2.00 bits per heavy atom. The number of hydrogen-bond acceptors (Lipinski definition) is 4. The summed E-state index contributed by atoms with van der Waals surface area (Å²) >= 11 is 0. The van der Waals surface area contributed by atoms with Crippen LogP contribution in [0.2, 0.25) is 0 Å². The fraction of sp³-hybridized carbons (Fsp3) is 0.312. The van der Waals surface area contributed by atoms with Gasteiger partial charge in [-0.25, -0.2) is 0 Å². The molecule has 0 bridgehead atoms. The summed E-state index contributed by atoms with van der Waals surface area (Å²) in [7, 11) is 0. The van der Waals surface area contributed by atoms with Crippen LogP contribution in [0.3, 0.4) is 0 Å². The van der Waals surface area contributed by atoms with Crippen molar-refractivity contribution in [2.24, 2.45) is 5.41 Å². The Morgan fingerprint density at radius 3 is 2.59 bits per heavy atom. The van der Waals surface area contributed by atoms with Crippen LogP contribution in [-0.2, 0) is 4.79 Å². The third-order valence-electron chi connectivity index (χ3n) is 3.98. The maximum absolute atomic E-state index is 12.0. The van der Waals surface area contributed by atoms with E-state index < -0.39 is 17.3 Å². The van der Waals surface area contributed by atoms with Crippen molar-refractivity contribution in [2.45, 2.75) is 19.8 Å². The second-order valence-electron chi connectivity index (χ2n) is 5.71. The molecule has 0 spiro atoms. The van der Waals surface area contributed by atoms with Crippen LogP contribution in [0.5, 0.6) is 0 Å². The van der Waals surface area contributed by atoms with Gasteiger partial charge >= 0.3 is 5.97 Å². The Bertz CT molecular complexity index is 714. The Labute approximate surface area is 127 Å². The van der Waals surface area contributed by atoms with Crippen LogP contribution in [0.4, 0.5) is 0 Å². The third-order valence-corrected chi connectivity index (χ3v) is 3.98. The summed E-state index contributed by atoms with van der Waals surface area (Å²) in [5.41, 5.74) is 1.77. The van der Waals surface area contributed by atoms with Gasteiger partial charge in [0.1, 0.15) is 5.69 Å². The average molecular weight is 300 g/mol. The van der Waals surface area contributed by atoms with Crippen molar-refractivity contribution >= 4 is 11.9 Å². The number of rotatable bonds is 5. The number of aromatic nitrogens is 1. The first-order chi connectivity index (χ1) is 10.5. The quantitative estimate of drug-likeness (QED) is 0.883. The molecule has 1 aliphatic carbocycles. The zero-order chi connectivity index (χ0) is 15.7. The van der Waals surface area contributed by atoms with Crippen LogP contribution >= 0.6 is 0 Å². The van der Waals surface area contributed by atoms with Gasteiger partial charge in [0.25, 0.3) is 5.91 Å². The lowest BCUT2D eigenvalue weighted by molar-refractivity contribution is -0.143. The van der Waals surface area contributed by atoms with Crippen molar-refractivity contribution in [1.82, 2.24) is 10.5 Å². The number of carboxylic acid groups (broad SMARTS) is 1. The topological polar surface area (TPSA) is 92.4 Å². The van der Waals surface area contributed by atoms with Gasteiger partial charge in [-0.1, -0.05) is 35.0 Å². The Balaban J connectivity index is 1.67. The van der Waals surface area contributed by atoms with Crippen LogP contribution in [0.15, 0.2) is 34.9 Å². The Hall–Kier alpha value is -2.63. The van der Waals surface area contributed by atoms with E-state index in [1.165, 1.54) is 0 Å². The summed E-state index contributed by atoms with van der Waals surface area (Å²) in [5.74, 6) is -1.24. The molecular formula is C16H16N2O4. The molecule has 0 aliphatic heterocycles. The zero-order valence-corrected chi connectivity index (χ0v) is 12.1. The third kappa shape index (κ3) is 2.72. The molecule has 1 aromatic heterocycles. The number of benzene rings is 1. The molecule has 1 heterocycles. The molecule has 22 heavy (non-hydrogen) atoms. The predicted molar refractivity (Wildman–Crippen MR) is 78.3 cm³/mol. The van der Waals surface area contributed by atoms with Crippen LogP contribution < -0.4 is 5.32 Å². The minimum Gasteiger partial charge on any atom is -0.481 e. The highest BCUT2D eigenvalue weighted by Gasteiger charge is 2.50. The second kappa shape index (κ2) is 5.29. The summed E-state index contributed by atoms with van der Waals surface area (Å²) in [5, 5.41) is 15.6. The minimum atomic E-state index is -0.870. The van der Waals surface area contributed by atoms with Gasteiger partial charge in [-0.2, -0.15) is 0 Å². The van der Waals surface area contributed by atoms with Crippen molar-refractivity contribution in [3.63, 3.8) is 0 Å². The largest absolute Gasteiger partial charge is 0.481 e. The zero-order valence-electron chi connectivity index (χ0n) is 12.1. The number of carbonyl (C=O) groups excluding carboxylic acids is 1. The monoisotopic (exact) mass is 300 g/mol. The molecule has 2 aromatic rings. The van der Waals surface area contributed by atoms with Crippen LogP contribution in [-0.4, -0.2) is 28.7 Å². The molecule has 114 valence electrons. The standard InChI is InChI=1S/C16H16N2O4/c1-10-2-4-11(5-3-10)12-8-13(22-18-12)14(19)17-9-16(6-7-16)15(20)21/h2-5,8H,6-7,9H2,1H3,(H,17,19)(H,20,21). The van der Waals surface area contributed by atoms with Crippen molar-refractivity contribution in [3.8, 4) is 11.3 Å². The number of carbonyl (C=O) groups is 2. The Kier molecular flexibility index (Phi) is 3.44. The van der Waals surface area contributed by atoms with E-state index in [2.05, 4.69) is 10.5 Å². The van der Waals surface area contributed by atoms with Crippen LogP contribution in [0.25, 0.3) is 11.3 Å². The molecule has 0 atom stereocenters. The molecule has 0 radical (unpaired) electrons. The number of nitrogens with one attached hydrogen (secondary N) is 1. The lowest BCUT2D eigenvalue weighted by Crippen LogP contribution is -2.34. The molecule has 1 aliphatic rings. The molecule has 1 amide bonds. The highest BCUT2D eigenvalue weighted by atomic mass is 16.5. The van der Waals surface area contributed by atoms with Gasteiger partial charge in [-0.3, -0.25) is 9.59 Å². The van der Waals surface area contributed by atoms with Gasteiger partial charge in [0.2, 0.25) is 5.76 Å². The molecule has 6 heteroatoms. The van der Waals surface area contributed by atoms with E-state index in [4.69, 9.17) is 9.63 Å². The molecule has 1 saturated carbocycles. The number of aliphatic carboxylic acids is 1. The highest BCUT2D eigenvalue weighted by molar-refractivity contribution is 5.93. The molecule has 3 rings (SSSR count). The van der Waals surface area contributed by atoms with Gasteiger partial charge in [-0.15, -0.1) is 0 Å². The number of nitrogens with zero attached hydrogens (tertiary/aromatic N) is 1. The van der Waals surface area contributed by atoms with E-state index in [1.54, 1.807) is 6.07 Å². The SMILES string of the molecule is Cc1ccc(-c2cc(C(=O)NCC3(C(=O)O)CC3)on2)cc1. The highest BCUT2D eigenvalue weighted by Crippen LogP contribution is 2.45. The van der Waals surface area contributed by atoms with E-state index in [0.717, 1.165) is 11.1 Å². The van der Waals surface area contributed by atoms with Crippen LogP contribution in [0, 0.1) is 12.3 Å². The molecular weight excluding hydrogens is 284 g/mol. The maximum atomic E-state index is 12.0. The molecule has 0 unspecified atom stereocenters. The summed E-state index contributed by atoms with van der Waals surface area (Å²) in [6, 6.07) is 9.26. The normalized spacial score (nSPS) is 15.3. The average Bonchev–Trinajstić information content (AvgIpc) is 3.15. The van der Waals surface area contributed by atoms with Crippen molar-refractivity contribution in [2.75, 3.05) is 6.54 Å². The summed E-state index contributed by atoms with van der Waals surface area (Å²) in [6.07, 6.45) is 1.18. The van der Waals surface area contributed by atoms with Crippen molar-refractivity contribution in [1.29, 1.82) is 0 Å². The summed E-state index contributed by atoms with van der Waals surface area (Å²) in [4.78, 5) is 23.1. The van der Waals surface area contributed by atoms with Crippen LogP contribution in [0.1, 0.15) is 29.0 Å². The fourth-order valence-electron chi connectivity index (χ4n) is 2.20. The lowest BCUT2D eigenvalue weighted by Gasteiger charge is -2.09. The molecule has 1 fully saturated rings. The van der Waals surface area contributed by atoms with Crippen molar-refractivity contribution < 1.29 is 19.2 Å². The van der Waals surface area contributed by atoms with E-state index >= 15 is 0 Å². The van der Waals surface area contributed by atoms with Gasteiger partial charge < -0.3 is 14.9 Å². The summed E-state index contributed by atoms with van der Waals surface area (Å²) < 4.78 is 5.05. The number of carboxylic acids is 1.